The molecular weight excluding hydrogens is 264 g/mol. The van der Waals surface area contributed by atoms with Crippen molar-refractivity contribution in [1.82, 2.24) is 10.3 Å². The van der Waals surface area contributed by atoms with E-state index in [1.54, 1.807) is 6.20 Å². The minimum absolute atomic E-state index is 0.00726. The van der Waals surface area contributed by atoms with Crippen LogP contribution in [0.2, 0.25) is 0 Å². The van der Waals surface area contributed by atoms with Crippen LogP contribution in [0.1, 0.15) is 11.1 Å². The van der Waals surface area contributed by atoms with Crippen LogP contribution in [-0.2, 0) is 11.2 Å². The molecule has 1 aromatic carbocycles. The molecule has 110 valence electrons. The molecule has 0 aliphatic carbocycles. The lowest BCUT2D eigenvalue weighted by Gasteiger charge is -2.09. The highest BCUT2D eigenvalue weighted by Crippen LogP contribution is 2.14. The van der Waals surface area contributed by atoms with Crippen molar-refractivity contribution in [2.45, 2.75) is 13.3 Å². The number of hydrogen-bond donors (Lipinski definition) is 3. The number of benzene rings is 1. The van der Waals surface area contributed by atoms with E-state index in [9.17, 15) is 4.79 Å². The summed E-state index contributed by atoms with van der Waals surface area (Å²) in [6, 6.07) is 11.5. The maximum Gasteiger partial charge on any atom is 0.224 e. The van der Waals surface area contributed by atoms with Crippen LogP contribution in [0, 0.1) is 6.92 Å². The second kappa shape index (κ2) is 7.28. The Kier molecular flexibility index (Phi) is 5.15. The highest BCUT2D eigenvalue weighted by Gasteiger charge is 2.03. The smallest absolute Gasteiger partial charge is 0.224 e. The normalized spacial score (nSPS) is 10.1. The summed E-state index contributed by atoms with van der Waals surface area (Å²) in [5.41, 5.74) is 8.50. The van der Waals surface area contributed by atoms with Crippen LogP contribution < -0.4 is 16.4 Å². The lowest BCUT2D eigenvalue weighted by atomic mass is 10.1. The van der Waals surface area contributed by atoms with Crippen LogP contribution >= 0.6 is 0 Å². The third kappa shape index (κ3) is 4.80. The summed E-state index contributed by atoms with van der Waals surface area (Å²) in [4.78, 5) is 16.0. The molecule has 0 aliphatic heterocycles. The number of nitrogens with one attached hydrogen (secondary N) is 2. The maximum absolute atomic E-state index is 11.8. The van der Waals surface area contributed by atoms with Gasteiger partial charge in [-0.2, -0.15) is 0 Å². The molecule has 5 nitrogen and oxygen atoms in total. The number of amides is 1. The van der Waals surface area contributed by atoms with E-state index in [1.807, 2.05) is 43.3 Å². The molecular formula is C16H20N4O. The average molecular weight is 284 g/mol. The number of nitrogens with zero attached hydrogens (tertiary/aromatic N) is 1. The Labute approximate surface area is 124 Å². The molecule has 2 aromatic rings. The van der Waals surface area contributed by atoms with Crippen molar-refractivity contribution < 1.29 is 4.79 Å². The Morgan fingerprint density at radius 3 is 2.71 bits per heavy atom. The van der Waals surface area contributed by atoms with Crippen molar-refractivity contribution in [2.75, 3.05) is 24.1 Å². The molecule has 0 saturated carbocycles. The van der Waals surface area contributed by atoms with Gasteiger partial charge >= 0.3 is 0 Å². The summed E-state index contributed by atoms with van der Waals surface area (Å²) >= 11 is 0. The molecule has 0 unspecified atom stereocenters. The van der Waals surface area contributed by atoms with Gasteiger partial charge in [-0.1, -0.05) is 30.3 Å². The summed E-state index contributed by atoms with van der Waals surface area (Å²) in [7, 11) is 0. The van der Waals surface area contributed by atoms with Crippen LogP contribution in [0.25, 0.3) is 0 Å². The quantitative estimate of drug-likeness (QED) is 0.706. The van der Waals surface area contributed by atoms with Gasteiger partial charge in [0.15, 0.2) is 0 Å². The number of hydrogen-bond acceptors (Lipinski definition) is 4. The Balaban J connectivity index is 1.71. The minimum atomic E-state index is 0.00726. The highest BCUT2D eigenvalue weighted by atomic mass is 16.1. The first-order valence-corrected chi connectivity index (χ1v) is 6.92. The zero-order valence-electron chi connectivity index (χ0n) is 12.1. The molecule has 1 heterocycles. The van der Waals surface area contributed by atoms with E-state index in [0.717, 1.165) is 11.1 Å². The molecule has 21 heavy (non-hydrogen) atoms. The Bertz CT molecular complexity index is 598. The first-order valence-electron chi connectivity index (χ1n) is 6.92. The first-order chi connectivity index (χ1) is 10.1. The van der Waals surface area contributed by atoms with Crippen molar-refractivity contribution in [1.29, 1.82) is 0 Å². The molecule has 0 aliphatic rings. The van der Waals surface area contributed by atoms with Crippen LogP contribution in [-0.4, -0.2) is 24.0 Å². The van der Waals surface area contributed by atoms with E-state index in [4.69, 9.17) is 5.73 Å². The third-order valence-corrected chi connectivity index (χ3v) is 3.00. The molecule has 4 N–H and O–H groups in total. The standard InChI is InChI=1S/C16H20N4O/c1-12-9-14(17)16(20-11-12)19-8-7-18-15(21)10-13-5-3-2-4-6-13/h2-6,9,11H,7-8,10,17H2,1H3,(H,18,21)(H,19,20). The summed E-state index contributed by atoms with van der Waals surface area (Å²) in [5.74, 6) is 0.658. The van der Waals surface area contributed by atoms with E-state index < -0.39 is 0 Å². The van der Waals surface area contributed by atoms with E-state index in [-0.39, 0.29) is 5.91 Å². The first kappa shape index (κ1) is 14.8. The molecule has 1 aromatic heterocycles. The fraction of sp³-hybridized carbons (Fsp3) is 0.250. The SMILES string of the molecule is Cc1cnc(NCCNC(=O)Cc2ccccc2)c(N)c1. The van der Waals surface area contributed by atoms with Gasteiger partial charge in [-0.15, -0.1) is 0 Å². The molecule has 0 bridgehead atoms. The highest BCUT2D eigenvalue weighted by molar-refractivity contribution is 5.78. The fourth-order valence-electron chi connectivity index (χ4n) is 1.97. The number of aryl methyl sites for hydroxylation is 1. The van der Waals surface area contributed by atoms with Gasteiger partial charge in [0, 0.05) is 19.3 Å². The summed E-state index contributed by atoms with van der Waals surface area (Å²) in [5, 5.41) is 5.97. The fourth-order valence-corrected chi connectivity index (χ4v) is 1.97. The monoisotopic (exact) mass is 284 g/mol. The number of aromatic nitrogens is 1. The Morgan fingerprint density at radius 2 is 2.00 bits per heavy atom. The van der Waals surface area contributed by atoms with Crippen LogP contribution in [0.3, 0.4) is 0 Å². The average Bonchev–Trinajstić information content (AvgIpc) is 2.46. The van der Waals surface area contributed by atoms with Gasteiger partial charge in [0.05, 0.1) is 12.1 Å². The predicted octanol–water partition coefficient (Wildman–Crippen LogP) is 1.74. The molecule has 1 amide bonds. The summed E-state index contributed by atoms with van der Waals surface area (Å²) < 4.78 is 0. The number of rotatable bonds is 6. The number of nitrogens with two attached hydrogens (primary N) is 1. The summed E-state index contributed by atoms with van der Waals surface area (Å²) in [6.07, 6.45) is 2.15. The van der Waals surface area contributed by atoms with E-state index in [1.165, 1.54) is 0 Å². The molecule has 5 heteroatoms. The van der Waals surface area contributed by atoms with Gasteiger partial charge in [-0.05, 0) is 24.1 Å². The van der Waals surface area contributed by atoms with Crippen LogP contribution in [0.4, 0.5) is 11.5 Å². The number of carbonyl (C=O) groups excluding carboxylic acids is 1. The lowest BCUT2D eigenvalue weighted by molar-refractivity contribution is -0.120. The largest absolute Gasteiger partial charge is 0.396 e. The van der Waals surface area contributed by atoms with Gasteiger partial charge in [-0.3, -0.25) is 4.79 Å². The predicted molar refractivity (Wildman–Crippen MR) is 85.0 cm³/mol. The second-order valence-corrected chi connectivity index (χ2v) is 4.89. The molecule has 0 saturated heterocycles. The van der Waals surface area contributed by atoms with Crippen molar-refractivity contribution in [3.8, 4) is 0 Å². The van der Waals surface area contributed by atoms with Crippen molar-refractivity contribution in [3.63, 3.8) is 0 Å². The van der Waals surface area contributed by atoms with Crippen molar-refractivity contribution >= 4 is 17.4 Å². The second-order valence-electron chi connectivity index (χ2n) is 4.89. The molecule has 2 rings (SSSR count). The number of anilines is 2. The topological polar surface area (TPSA) is 80.0 Å². The zero-order valence-corrected chi connectivity index (χ0v) is 12.1. The molecule has 0 atom stereocenters. The zero-order chi connectivity index (χ0) is 15.1. The van der Waals surface area contributed by atoms with Gasteiger partial charge in [0.2, 0.25) is 5.91 Å². The van der Waals surface area contributed by atoms with E-state index in [0.29, 0.717) is 31.0 Å². The minimum Gasteiger partial charge on any atom is -0.396 e. The van der Waals surface area contributed by atoms with Gasteiger partial charge < -0.3 is 16.4 Å². The third-order valence-electron chi connectivity index (χ3n) is 3.00. The van der Waals surface area contributed by atoms with Gasteiger partial charge in [-0.25, -0.2) is 4.98 Å². The number of pyridine rings is 1. The van der Waals surface area contributed by atoms with E-state index in [2.05, 4.69) is 15.6 Å². The van der Waals surface area contributed by atoms with Crippen molar-refractivity contribution in [3.05, 3.63) is 53.7 Å². The van der Waals surface area contributed by atoms with Gasteiger partial charge in [0.1, 0.15) is 5.82 Å². The van der Waals surface area contributed by atoms with E-state index >= 15 is 0 Å². The molecule has 0 radical (unpaired) electrons. The van der Waals surface area contributed by atoms with Crippen molar-refractivity contribution in [2.24, 2.45) is 0 Å². The van der Waals surface area contributed by atoms with Crippen LogP contribution in [0.15, 0.2) is 42.6 Å². The Morgan fingerprint density at radius 1 is 1.24 bits per heavy atom. The Hall–Kier alpha value is -2.56. The lowest BCUT2D eigenvalue weighted by Crippen LogP contribution is -2.30. The number of carbonyl (C=O) groups is 1. The number of nitrogen functional groups attached to an aromatic ring is 1. The maximum atomic E-state index is 11.8. The molecule has 0 fully saturated rings. The van der Waals surface area contributed by atoms with Crippen LogP contribution in [0.5, 0.6) is 0 Å². The summed E-state index contributed by atoms with van der Waals surface area (Å²) in [6.45, 7) is 3.05. The molecule has 0 spiro atoms. The van der Waals surface area contributed by atoms with Gasteiger partial charge in [0.25, 0.3) is 0 Å².